The Balaban J connectivity index is 1.35. The van der Waals surface area contributed by atoms with Gasteiger partial charge in [-0.15, -0.1) is 0 Å². The predicted molar refractivity (Wildman–Crippen MR) is 121 cm³/mol. The largest absolute Gasteiger partial charge is 0.493 e. The number of hydrogen-bond donors (Lipinski definition) is 1. The van der Waals surface area contributed by atoms with Gasteiger partial charge in [-0.25, -0.2) is 13.2 Å². The van der Waals surface area contributed by atoms with Crippen molar-refractivity contribution in [2.24, 2.45) is 5.92 Å². The molecule has 1 saturated heterocycles. The summed E-state index contributed by atoms with van der Waals surface area (Å²) < 4.78 is 38.0. The predicted octanol–water partition coefficient (Wildman–Crippen LogP) is 2.90. The topological polar surface area (TPSA) is 102 Å². The van der Waals surface area contributed by atoms with Crippen molar-refractivity contribution in [1.29, 1.82) is 0 Å². The number of esters is 1. The molecule has 1 atom stereocenters. The second-order valence-corrected chi connectivity index (χ2v) is 10.1. The summed E-state index contributed by atoms with van der Waals surface area (Å²) in [7, 11) is -3.70. The van der Waals surface area contributed by atoms with Crippen molar-refractivity contribution in [3.8, 4) is 5.75 Å². The summed E-state index contributed by atoms with van der Waals surface area (Å²) in [5.74, 6) is 0.0227. The minimum Gasteiger partial charge on any atom is -0.493 e. The standard InChI is InChI=1S/C24H28N2O6S/c1-2-31-24(28)18-7-9-19(10-8-18)33(29,30)26-14-11-17(12-15-26)23(27)25-21-13-16-32-22-6-4-3-5-20(21)22/h3-10,17,21H,2,11-16H2,1H3,(H,25,27). The molecule has 1 amide bonds. The van der Waals surface area contributed by atoms with Crippen LogP contribution in [-0.2, 0) is 19.6 Å². The molecule has 0 aliphatic carbocycles. The Bertz CT molecular complexity index is 1110. The van der Waals surface area contributed by atoms with Crippen LogP contribution in [0.2, 0.25) is 0 Å². The highest BCUT2D eigenvalue weighted by Crippen LogP contribution is 2.32. The molecule has 2 aromatic rings. The van der Waals surface area contributed by atoms with Crippen LogP contribution in [0.1, 0.15) is 48.1 Å². The fraction of sp³-hybridized carbons (Fsp3) is 0.417. The highest BCUT2D eigenvalue weighted by atomic mass is 32.2. The summed E-state index contributed by atoms with van der Waals surface area (Å²) in [5.41, 5.74) is 1.28. The molecule has 0 aromatic heterocycles. The van der Waals surface area contributed by atoms with Gasteiger partial charge >= 0.3 is 5.97 Å². The lowest BCUT2D eigenvalue weighted by molar-refractivity contribution is -0.127. The molecule has 1 unspecified atom stereocenters. The minimum atomic E-state index is -3.70. The van der Waals surface area contributed by atoms with Gasteiger partial charge in [-0.3, -0.25) is 4.79 Å². The third-order valence-corrected chi connectivity index (χ3v) is 8.02. The van der Waals surface area contributed by atoms with Gasteiger partial charge in [-0.2, -0.15) is 4.31 Å². The molecule has 8 nitrogen and oxygen atoms in total. The Morgan fingerprint density at radius 2 is 1.76 bits per heavy atom. The summed E-state index contributed by atoms with van der Waals surface area (Å²) >= 11 is 0. The van der Waals surface area contributed by atoms with Crippen molar-refractivity contribution in [3.63, 3.8) is 0 Å². The molecule has 2 aliphatic heterocycles. The first kappa shape index (κ1) is 23.3. The van der Waals surface area contributed by atoms with E-state index < -0.39 is 16.0 Å². The highest BCUT2D eigenvalue weighted by molar-refractivity contribution is 7.89. The van der Waals surface area contributed by atoms with Crippen LogP contribution < -0.4 is 10.1 Å². The number of ether oxygens (including phenoxy) is 2. The molecule has 2 aromatic carbocycles. The Morgan fingerprint density at radius 1 is 1.06 bits per heavy atom. The number of nitrogens with one attached hydrogen (secondary N) is 1. The Labute approximate surface area is 193 Å². The first-order chi connectivity index (χ1) is 15.9. The van der Waals surface area contributed by atoms with Gasteiger partial charge in [0.2, 0.25) is 15.9 Å². The monoisotopic (exact) mass is 472 g/mol. The third kappa shape index (κ3) is 5.04. The number of rotatable bonds is 6. The van der Waals surface area contributed by atoms with Gasteiger partial charge < -0.3 is 14.8 Å². The SMILES string of the molecule is CCOC(=O)c1ccc(S(=O)(=O)N2CCC(C(=O)NC3CCOc4ccccc43)CC2)cc1. The van der Waals surface area contributed by atoms with Gasteiger partial charge in [0.05, 0.1) is 29.7 Å². The molecular formula is C24H28N2O6S. The van der Waals surface area contributed by atoms with Crippen molar-refractivity contribution >= 4 is 21.9 Å². The quantitative estimate of drug-likeness (QED) is 0.649. The molecule has 0 radical (unpaired) electrons. The lowest BCUT2D eigenvalue weighted by atomic mass is 9.95. The van der Waals surface area contributed by atoms with Crippen LogP contribution in [0.25, 0.3) is 0 Å². The van der Waals surface area contributed by atoms with Crippen molar-refractivity contribution in [3.05, 3.63) is 59.7 Å². The Kier molecular flexibility index (Phi) is 6.99. The normalized spacial score (nSPS) is 19.2. The summed E-state index contributed by atoms with van der Waals surface area (Å²) in [4.78, 5) is 24.8. The van der Waals surface area contributed by atoms with Crippen molar-refractivity contribution < 1.29 is 27.5 Å². The number of amides is 1. The maximum absolute atomic E-state index is 13.0. The van der Waals surface area contributed by atoms with E-state index in [0.29, 0.717) is 31.4 Å². The zero-order valence-corrected chi connectivity index (χ0v) is 19.3. The first-order valence-corrected chi connectivity index (χ1v) is 12.6. The van der Waals surface area contributed by atoms with Gasteiger partial charge in [0.25, 0.3) is 0 Å². The fourth-order valence-corrected chi connectivity index (χ4v) is 5.74. The average Bonchev–Trinajstić information content (AvgIpc) is 2.84. The van der Waals surface area contributed by atoms with Crippen molar-refractivity contribution in [2.75, 3.05) is 26.3 Å². The molecule has 0 saturated carbocycles. The fourth-order valence-electron chi connectivity index (χ4n) is 4.27. The van der Waals surface area contributed by atoms with Gasteiger partial charge in [-0.1, -0.05) is 18.2 Å². The van der Waals surface area contributed by atoms with Crippen LogP contribution in [0, 0.1) is 5.92 Å². The molecular weight excluding hydrogens is 444 g/mol. The summed E-state index contributed by atoms with van der Waals surface area (Å²) in [6, 6.07) is 13.3. The first-order valence-electron chi connectivity index (χ1n) is 11.2. The maximum atomic E-state index is 13.0. The number of carbonyl (C=O) groups excluding carboxylic acids is 2. The molecule has 2 heterocycles. The number of nitrogens with zero attached hydrogens (tertiary/aromatic N) is 1. The summed E-state index contributed by atoms with van der Waals surface area (Å²) in [6.45, 7) is 3.05. The van der Waals surface area contributed by atoms with E-state index in [1.54, 1.807) is 6.92 Å². The van der Waals surface area contributed by atoms with Gasteiger partial charge in [0, 0.05) is 31.0 Å². The number of sulfonamides is 1. The van der Waals surface area contributed by atoms with Crippen LogP contribution >= 0.6 is 0 Å². The van der Waals surface area contributed by atoms with Crippen LogP contribution in [0.5, 0.6) is 5.75 Å². The van der Waals surface area contributed by atoms with Crippen LogP contribution in [0.15, 0.2) is 53.4 Å². The molecule has 4 rings (SSSR count). The van der Waals surface area contributed by atoms with E-state index in [1.807, 2.05) is 24.3 Å². The molecule has 0 spiro atoms. The van der Waals surface area contributed by atoms with E-state index >= 15 is 0 Å². The zero-order chi connectivity index (χ0) is 23.4. The molecule has 1 fully saturated rings. The summed E-state index contributed by atoms with van der Waals surface area (Å²) in [5, 5.41) is 3.13. The van der Waals surface area contributed by atoms with E-state index in [0.717, 1.165) is 11.3 Å². The van der Waals surface area contributed by atoms with E-state index in [1.165, 1.54) is 28.6 Å². The zero-order valence-electron chi connectivity index (χ0n) is 18.5. The number of benzene rings is 2. The number of para-hydroxylation sites is 1. The van der Waals surface area contributed by atoms with Gasteiger partial charge in [0.15, 0.2) is 0 Å². The smallest absolute Gasteiger partial charge is 0.338 e. The van der Waals surface area contributed by atoms with Crippen LogP contribution in [0.3, 0.4) is 0 Å². The number of hydrogen-bond acceptors (Lipinski definition) is 6. The number of carbonyl (C=O) groups is 2. The minimum absolute atomic E-state index is 0.0486. The molecule has 33 heavy (non-hydrogen) atoms. The third-order valence-electron chi connectivity index (χ3n) is 6.10. The van der Waals surface area contributed by atoms with Crippen molar-refractivity contribution in [1.82, 2.24) is 9.62 Å². The Morgan fingerprint density at radius 3 is 2.45 bits per heavy atom. The lowest BCUT2D eigenvalue weighted by Crippen LogP contribution is -2.44. The van der Waals surface area contributed by atoms with Gasteiger partial charge in [-0.05, 0) is 50.1 Å². The molecule has 176 valence electrons. The van der Waals surface area contributed by atoms with Gasteiger partial charge in [0.1, 0.15) is 5.75 Å². The van der Waals surface area contributed by atoms with E-state index in [9.17, 15) is 18.0 Å². The molecule has 9 heteroatoms. The molecule has 1 N–H and O–H groups in total. The van der Waals surface area contributed by atoms with E-state index in [4.69, 9.17) is 9.47 Å². The molecule has 0 bridgehead atoms. The molecule has 2 aliphatic rings. The Hall–Kier alpha value is -2.91. The lowest BCUT2D eigenvalue weighted by Gasteiger charge is -2.32. The van der Waals surface area contributed by atoms with E-state index in [2.05, 4.69) is 5.32 Å². The van der Waals surface area contributed by atoms with E-state index in [-0.39, 0.29) is 42.5 Å². The number of piperidine rings is 1. The highest BCUT2D eigenvalue weighted by Gasteiger charge is 2.33. The maximum Gasteiger partial charge on any atom is 0.338 e. The second-order valence-electron chi connectivity index (χ2n) is 8.16. The van der Waals surface area contributed by atoms with Crippen molar-refractivity contribution in [2.45, 2.75) is 37.1 Å². The summed E-state index contributed by atoms with van der Waals surface area (Å²) in [6.07, 6.45) is 1.62. The second kappa shape index (κ2) is 9.93. The average molecular weight is 473 g/mol. The van der Waals surface area contributed by atoms with Crippen LogP contribution in [-0.4, -0.2) is 50.9 Å². The number of fused-ring (bicyclic) bond motifs is 1. The van der Waals surface area contributed by atoms with Crippen LogP contribution in [0.4, 0.5) is 0 Å².